The van der Waals surface area contributed by atoms with Crippen LogP contribution in [-0.4, -0.2) is 59.4 Å². The maximum Gasteiger partial charge on any atom is 0.298 e. The molecule has 5 rings (SSSR count). The third kappa shape index (κ3) is 5.11. The average molecular weight is 519 g/mol. The van der Waals surface area contributed by atoms with E-state index in [2.05, 4.69) is 15.1 Å². The second-order valence-electron chi connectivity index (χ2n) is 9.73. The molecule has 188 valence electrons. The summed E-state index contributed by atoms with van der Waals surface area (Å²) in [5.74, 6) is 1.27. The van der Waals surface area contributed by atoms with Gasteiger partial charge in [0.05, 0.1) is 24.9 Å². The fraction of sp³-hybridized carbons (Fsp3) is 0.500. The first-order chi connectivity index (χ1) is 17.0. The number of aliphatic hydroxyl groups excluding tert-OH is 2. The molecular formula is C26H32Cl2N4O3. The van der Waals surface area contributed by atoms with E-state index in [1.165, 1.54) is 12.8 Å². The minimum atomic E-state index is -0.134. The molecule has 3 heterocycles. The van der Waals surface area contributed by atoms with Crippen molar-refractivity contribution in [2.24, 2.45) is 11.8 Å². The lowest BCUT2D eigenvalue weighted by Gasteiger charge is -2.45. The van der Waals surface area contributed by atoms with Gasteiger partial charge in [-0.3, -0.25) is 0 Å². The number of piperidine rings is 1. The standard InChI is InChI=1S/C26H32Cl2N4O3/c1-16(21-6-5-20(27)11-22(21)28)29-24-18(15-34)4-7-23-25(24)35-26(30-23)32-13-19(14-32)17-3-2-8-31(12-17)9-10-33/h4-7,11,16-17,19,29,33-34H,2-3,8-10,12-15H2,1H3/t16-,17+/m1/s1. The van der Waals surface area contributed by atoms with Crippen LogP contribution < -0.4 is 10.2 Å². The number of halogens is 2. The number of hydrogen-bond donors (Lipinski definition) is 3. The van der Waals surface area contributed by atoms with Crippen molar-refractivity contribution in [3.05, 3.63) is 51.5 Å². The van der Waals surface area contributed by atoms with Crippen LogP contribution in [-0.2, 0) is 6.61 Å². The maximum atomic E-state index is 9.99. The Morgan fingerprint density at radius 3 is 2.71 bits per heavy atom. The van der Waals surface area contributed by atoms with Crippen LogP contribution in [0.5, 0.6) is 0 Å². The van der Waals surface area contributed by atoms with Crippen molar-refractivity contribution in [2.75, 3.05) is 49.5 Å². The number of oxazole rings is 1. The molecule has 2 aliphatic rings. The normalized spacial score (nSPS) is 20.3. The Kier molecular flexibility index (Phi) is 7.42. The molecule has 2 atom stereocenters. The molecule has 35 heavy (non-hydrogen) atoms. The zero-order chi connectivity index (χ0) is 24.5. The zero-order valence-corrected chi connectivity index (χ0v) is 21.4. The predicted octanol–water partition coefficient (Wildman–Crippen LogP) is 4.94. The lowest BCUT2D eigenvalue weighted by molar-refractivity contribution is 0.100. The Bertz CT molecular complexity index is 1180. The van der Waals surface area contributed by atoms with E-state index in [1.807, 2.05) is 31.2 Å². The highest BCUT2D eigenvalue weighted by Crippen LogP contribution is 2.38. The zero-order valence-electron chi connectivity index (χ0n) is 19.9. The SMILES string of the molecule is C[C@@H](Nc1c(CO)ccc2nc(N3CC([C@H]4CCCN(CCO)C4)C3)oc12)c1ccc(Cl)cc1Cl. The molecule has 2 aromatic carbocycles. The summed E-state index contributed by atoms with van der Waals surface area (Å²) >= 11 is 12.5. The highest BCUT2D eigenvalue weighted by molar-refractivity contribution is 6.35. The van der Waals surface area contributed by atoms with Crippen molar-refractivity contribution >= 4 is 46.0 Å². The number of β-amino-alcohol motifs (C(OH)–C–C–N with tert-alkyl or cyclic N) is 1. The molecule has 0 aliphatic carbocycles. The second kappa shape index (κ2) is 10.5. The van der Waals surface area contributed by atoms with E-state index in [-0.39, 0.29) is 19.3 Å². The molecule has 9 heteroatoms. The molecule has 0 unspecified atom stereocenters. The minimum Gasteiger partial charge on any atom is -0.421 e. The molecule has 7 nitrogen and oxygen atoms in total. The smallest absolute Gasteiger partial charge is 0.298 e. The van der Waals surface area contributed by atoms with Gasteiger partial charge in [0.2, 0.25) is 0 Å². The summed E-state index contributed by atoms with van der Waals surface area (Å²) < 4.78 is 6.27. The number of hydrogen-bond acceptors (Lipinski definition) is 7. The largest absolute Gasteiger partial charge is 0.421 e. The van der Waals surface area contributed by atoms with E-state index in [0.717, 1.165) is 55.1 Å². The van der Waals surface area contributed by atoms with E-state index in [9.17, 15) is 10.2 Å². The fourth-order valence-electron chi connectivity index (χ4n) is 5.38. The van der Waals surface area contributed by atoms with Crippen LogP contribution in [0.4, 0.5) is 11.7 Å². The van der Waals surface area contributed by atoms with E-state index >= 15 is 0 Å². The first-order valence-electron chi connectivity index (χ1n) is 12.3. The van der Waals surface area contributed by atoms with Crippen molar-refractivity contribution in [1.82, 2.24) is 9.88 Å². The van der Waals surface area contributed by atoms with Gasteiger partial charge in [-0.25, -0.2) is 0 Å². The number of aliphatic hydroxyl groups is 2. The molecule has 1 aromatic heterocycles. The Labute approximate surface area is 215 Å². The van der Waals surface area contributed by atoms with Crippen molar-refractivity contribution in [2.45, 2.75) is 32.4 Å². The highest BCUT2D eigenvalue weighted by Gasteiger charge is 2.37. The van der Waals surface area contributed by atoms with Gasteiger partial charge in [-0.05, 0) is 61.9 Å². The second-order valence-corrected chi connectivity index (χ2v) is 10.6. The average Bonchev–Trinajstić information content (AvgIpc) is 3.23. The number of aromatic nitrogens is 1. The van der Waals surface area contributed by atoms with Crippen molar-refractivity contribution in [3.63, 3.8) is 0 Å². The van der Waals surface area contributed by atoms with Crippen molar-refractivity contribution in [3.8, 4) is 0 Å². The molecule has 0 bridgehead atoms. The van der Waals surface area contributed by atoms with Gasteiger partial charge in [0.15, 0.2) is 5.58 Å². The third-order valence-electron chi connectivity index (χ3n) is 7.40. The first kappa shape index (κ1) is 24.7. The maximum absolute atomic E-state index is 9.99. The van der Waals surface area contributed by atoms with Crippen LogP contribution in [0.3, 0.4) is 0 Å². The van der Waals surface area contributed by atoms with Gasteiger partial charge >= 0.3 is 0 Å². The summed E-state index contributed by atoms with van der Waals surface area (Å²) in [7, 11) is 0. The Morgan fingerprint density at radius 2 is 1.97 bits per heavy atom. The van der Waals surface area contributed by atoms with Crippen molar-refractivity contribution < 1.29 is 14.6 Å². The number of likely N-dealkylation sites (tertiary alicyclic amines) is 1. The van der Waals surface area contributed by atoms with Crippen LogP contribution in [0.25, 0.3) is 11.1 Å². The molecule has 0 amide bonds. The molecule has 2 fully saturated rings. The summed E-state index contributed by atoms with van der Waals surface area (Å²) in [6.45, 7) is 6.88. The lowest BCUT2D eigenvalue weighted by Crippen LogP contribution is -2.53. The summed E-state index contributed by atoms with van der Waals surface area (Å²) in [4.78, 5) is 9.32. The van der Waals surface area contributed by atoms with E-state index < -0.39 is 0 Å². The quantitative estimate of drug-likeness (QED) is 0.389. The number of nitrogens with zero attached hydrogens (tertiary/aromatic N) is 3. The first-order valence-corrected chi connectivity index (χ1v) is 13.0. The van der Waals surface area contributed by atoms with Crippen LogP contribution in [0, 0.1) is 11.8 Å². The van der Waals surface area contributed by atoms with Crippen LogP contribution in [0.1, 0.15) is 36.9 Å². The molecule has 0 radical (unpaired) electrons. The van der Waals surface area contributed by atoms with Crippen molar-refractivity contribution in [1.29, 1.82) is 0 Å². The molecule has 3 N–H and O–H groups in total. The van der Waals surface area contributed by atoms with E-state index in [0.29, 0.717) is 33.5 Å². The number of rotatable bonds is 8. The molecule has 2 aliphatic heterocycles. The fourth-order valence-corrected chi connectivity index (χ4v) is 5.95. The summed E-state index contributed by atoms with van der Waals surface area (Å²) in [6, 6.07) is 9.71. The Hall–Kier alpha value is -2.03. The van der Waals surface area contributed by atoms with Gasteiger partial charge in [-0.1, -0.05) is 35.3 Å². The molecular weight excluding hydrogens is 487 g/mol. The number of fused-ring (bicyclic) bond motifs is 1. The Balaban J connectivity index is 1.33. The Morgan fingerprint density at radius 1 is 1.14 bits per heavy atom. The molecule has 0 spiro atoms. The highest BCUT2D eigenvalue weighted by atomic mass is 35.5. The minimum absolute atomic E-state index is 0.118. The summed E-state index contributed by atoms with van der Waals surface area (Å²) in [5, 5.41) is 23.9. The number of anilines is 2. The van der Waals surface area contributed by atoms with Gasteiger partial charge in [0.25, 0.3) is 6.01 Å². The number of nitrogens with one attached hydrogen (secondary N) is 1. The van der Waals surface area contributed by atoms with Gasteiger partial charge in [-0.2, -0.15) is 4.98 Å². The van der Waals surface area contributed by atoms with Gasteiger partial charge in [-0.15, -0.1) is 0 Å². The molecule has 2 saturated heterocycles. The monoisotopic (exact) mass is 518 g/mol. The molecule has 3 aromatic rings. The number of benzene rings is 2. The lowest BCUT2D eigenvalue weighted by atomic mass is 9.81. The topological polar surface area (TPSA) is 85.0 Å². The van der Waals surface area contributed by atoms with E-state index in [1.54, 1.807) is 6.07 Å². The van der Waals surface area contributed by atoms with Crippen LogP contribution >= 0.6 is 23.2 Å². The van der Waals surface area contributed by atoms with Gasteiger partial charge in [0.1, 0.15) is 5.52 Å². The third-order valence-corrected chi connectivity index (χ3v) is 7.96. The summed E-state index contributed by atoms with van der Waals surface area (Å²) in [6.07, 6.45) is 2.44. The van der Waals surface area contributed by atoms with Crippen LogP contribution in [0.2, 0.25) is 10.0 Å². The van der Waals surface area contributed by atoms with Crippen LogP contribution in [0.15, 0.2) is 34.7 Å². The summed E-state index contributed by atoms with van der Waals surface area (Å²) in [5.41, 5.74) is 3.77. The van der Waals surface area contributed by atoms with E-state index in [4.69, 9.17) is 32.6 Å². The molecule has 0 saturated carbocycles. The van der Waals surface area contributed by atoms with Gasteiger partial charge in [0, 0.05) is 41.8 Å². The van der Waals surface area contributed by atoms with Gasteiger partial charge < -0.3 is 29.7 Å². The predicted molar refractivity (Wildman–Crippen MR) is 140 cm³/mol.